The molecule has 2 N–H and O–H groups in total. The predicted octanol–water partition coefficient (Wildman–Crippen LogP) is 1.32. The van der Waals surface area contributed by atoms with Crippen molar-refractivity contribution >= 4 is 0 Å². The number of likely N-dealkylation sites (N-methyl/N-ethyl adjacent to an activating group) is 1. The summed E-state index contributed by atoms with van der Waals surface area (Å²) in [6.45, 7) is 2.54. The van der Waals surface area contributed by atoms with E-state index in [1.165, 1.54) is 0 Å². The van der Waals surface area contributed by atoms with Crippen LogP contribution in [0.5, 0.6) is 0 Å². The monoisotopic (exact) mass is 238 g/mol. The fraction of sp³-hybridized carbons (Fsp3) is 1.00. The van der Waals surface area contributed by atoms with Gasteiger partial charge >= 0.3 is 0 Å². The van der Waals surface area contributed by atoms with Crippen LogP contribution in [-0.2, 0) is 0 Å². The number of nitrogens with one attached hydrogen (secondary N) is 1. The Kier molecular flexibility index (Phi) is 7.80. The van der Waals surface area contributed by atoms with Crippen molar-refractivity contribution in [2.24, 2.45) is 0 Å². The average molecular weight is 238 g/mol. The maximum Gasteiger partial charge on any atom is 0.251 e. The Balaban J connectivity index is 3.86. The summed E-state index contributed by atoms with van der Waals surface area (Å²) in [5, 5.41) is 12.4. The number of aliphatic hydroxyl groups excluding tert-OH is 1. The van der Waals surface area contributed by atoms with Gasteiger partial charge in [0.1, 0.15) is 0 Å². The molecule has 0 saturated carbocycles. The molecule has 1 unspecified atom stereocenters. The third kappa shape index (κ3) is 5.72. The minimum absolute atomic E-state index is 0.0819. The average Bonchev–Trinajstić information content (AvgIpc) is 2.24. The molecule has 0 spiro atoms. The van der Waals surface area contributed by atoms with E-state index in [2.05, 4.69) is 5.32 Å². The van der Waals surface area contributed by atoms with E-state index < -0.39 is 6.43 Å². The Bertz CT molecular complexity index is 167. The SMILES string of the molecule is CCC(CO)(CCCN(C)CC(F)F)NC. The van der Waals surface area contributed by atoms with Crippen molar-refractivity contribution in [2.45, 2.75) is 38.2 Å². The number of hydrogen-bond acceptors (Lipinski definition) is 3. The lowest BCUT2D eigenvalue weighted by molar-refractivity contribution is 0.0954. The van der Waals surface area contributed by atoms with E-state index in [9.17, 15) is 13.9 Å². The molecule has 98 valence electrons. The van der Waals surface area contributed by atoms with Gasteiger partial charge in [0.25, 0.3) is 6.43 Å². The highest BCUT2D eigenvalue weighted by Gasteiger charge is 2.24. The van der Waals surface area contributed by atoms with Gasteiger partial charge in [0.05, 0.1) is 13.2 Å². The molecule has 5 heteroatoms. The van der Waals surface area contributed by atoms with Crippen molar-refractivity contribution in [3.63, 3.8) is 0 Å². The van der Waals surface area contributed by atoms with Gasteiger partial charge in [-0.25, -0.2) is 8.78 Å². The first-order valence-corrected chi connectivity index (χ1v) is 5.76. The highest BCUT2D eigenvalue weighted by atomic mass is 19.3. The van der Waals surface area contributed by atoms with E-state index in [-0.39, 0.29) is 18.7 Å². The van der Waals surface area contributed by atoms with Crippen molar-refractivity contribution in [3.8, 4) is 0 Å². The number of nitrogens with zero attached hydrogens (tertiary/aromatic N) is 1. The predicted molar refractivity (Wildman–Crippen MR) is 61.9 cm³/mol. The molecule has 0 aliphatic heterocycles. The van der Waals surface area contributed by atoms with Crippen molar-refractivity contribution in [2.75, 3.05) is 33.8 Å². The molecule has 16 heavy (non-hydrogen) atoms. The maximum atomic E-state index is 12.1. The van der Waals surface area contributed by atoms with Crippen LogP contribution in [0.15, 0.2) is 0 Å². The summed E-state index contributed by atoms with van der Waals surface area (Å²) in [5.41, 5.74) is -0.258. The van der Waals surface area contributed by atoms with Crippen LogP contribution >= 0.6 is 0 Å². The largest absolute Gasteiger partial charge is 0.394 e. The number of halogens is 2. The van der Waals surface area contributed by atoms with Crippen LogP contribution < -0.4 is 5.32 Å². The van der Waals surface area contributed by atoms with Crippen molar-refractivity contribution in [1.82, 2.24) is 10.2 Å². The summed E-state index contributed by atoms with van der Waals surface area (Å²) in [7, 11) is 3.51. The van der Waals surface area contributed by atoms with E-state index >= 15 is 0 Å². The number of hydrogen-bond donors (Lipinski definition) is 2. The normalized spacial score (nSPS) is 15.8. The van der Waals surface area contributed by atoms with Crippen LogP contribution in [0.1, 0.15) is 26.2 Å². The second-order valence-corrected chi connectivity index (χ2v) is 4.30. The summed E-state index contributed by atoms with van der Waals surface area (Å²) in [4.78, 5) is 1.62. The summed E-state index contributed by atoms with van der Waals surface area (Å²) >= 11 is 0. The molecule has 0 aromatic carbocycles. The van der Waals surface area contributed by atoms with Gasteiger partial charge in [-0.05, 0) is 39.9 Å². The van der Waals surface area contributed by atoms with Gasteiger partial charge < -0.3 is 15.3 Å². The lowest BCUT2D eigenvalue weighted by Gasteiger charge is -2.31. The van der Waals surface area contributed by atoms with Crippen molar-refractivity contribution in [3.05, 3.63) is 0 Å². The highest BCUT2D eigenvalue weighted by Crippen LogP contribution is 2.16. The molecule has 0 fully saturated rings. The molecule has 0 aliphatic carbocycles. The van der Waals surface area contributed by atoms with Crippen molar-refractivity contribution < 1.29 is 13.9 Å². The molecule has 1 atom stereocenters. The summed E-state index contributed by atoms with van der Waals surface area (Å²) in [6, 6.07) is 0. The highest BCUT2D eigenvalue weighted by molar-refractivity contribution is 4.84. The summed E-state index contributed by atoms with van der Waals surface area (Å²) < 4.78 is 24.1. The zero-order valence-corrected chi connectivity index (χ0v) is 10.5. The van der Waals surface area contributed by atoms with Crippen molar-refractivity contribution in [1.29, 1.82) is 0 Å². The second kappa shape index (κ2) is 7.92. The van der Waals surface area contributed by atoms with Gasteiger partial charge in [-0.1, -0.05) is 6.92 Å². The maximum absolute atomic E-state index is 12.1. The zero-order chi connectivity index (χ0) is 12.6. The lowest BCUT2D eigenvalue weighted by atomic mass is 9.91. The van der Waals surface area contributed by atoms with Gasteiger partial charge in [0, 0.05) is 5.54 Å². The third-order valence-corrected chi connectivity index (χ3v) is 3.15. The number of aliphatic hydroxyl groups is 1. The van der Waals surface area contributed by atoms with E-state index in [0.29, 0.717) is 6.54 Å². The molecule has 0 heterocycles. The topological polar surface area (TPSA) is 35.5 Å². The fourth-order valence-electron chi connectivity index (χ4n) is 1.76. The summed E-state index contributed by atoms with van der Waals surface area (Å²) in [6.07, 6.45) is 0.157. The lowest BCUT2D eigenvalue weighted by Crippen LogP contribution is -2.46. The van der Waals surface area contributed by atoms with Crippen LogP contribution in [0.4, 0.5) is 8.78 Å². The molecule has 0 aromatic heterocycles. The zero-order valence-electron chi connectivity index (χ0n) is 10.5. The Labute approximate surface area is 96.8 Å². The first-order valence-electron chi connectivity index (χ1n) is 5.76. The van der Waals surface area contributed by atoms with Crippen LogP contribution in [0.2, 0.25) is 0 Å². The van der Waals surface area contributed by atoms with Gasteiger partial charge in [-0.15, -0.1) is 0 Å². The Hall–Kier alpha value is -0.260. The molecular formula is C11H24F2N2O. The van der Waals surface area contributed by atoms with Gasteiger partial charge in [-0.2, -0.15) is 0 Å². The third-order valence-electron chi connectivity index (χ3n) is 3.15. The molecule has 0 radical (unpaired) electrons. The smallest absolute Gasteiger partial charge is 0.251 e. The van der Waals surface area contributed by atoms with Crippen LogP contribution in [0.3, 0.4) is 0 Å². The van der Waals surface area contributed by atoms with E-state index in [1.807, 2.05) is 14.0 Å². The molecule has 0 rings (SSSR count). The Morgan fingerprint density at radius 1 is 1.44 bits per heavy atom. The van der Waals surface area contributed by atoms with E-state index in [0.717, 1.165) is 19.3 Å². The Morgan fingerprint density at radius 2 is 2.06 bits per heavy atom. The Morgan fingerprint density at radius 3 is 2.44 bits per heavy atom. The van der Waals surface area contributed by atoms with Crippen LogP contribution in [-0.4, -0.2) is 55.8 Å². The molecule has 0 aromatic rings. The first-order chi connectivity index (χ1) is 7.49. The summed E-state index contributed by atoms with van der Waals surface area (Å²) in [5.74, 6) is 0. The molecule has 3 nitrogen and oxygen atoms in total. The van der Waals surface area contributed by atoms with E-state index in [1.54, 1.807) is 11.9 Å². The number of alkyl halides is 2. The van der Waals surface area contributed by atoms with Gasteiger partial charge in [0.2, 0.25) is 0 Å². The number of rotatable bonds is 9. The second-order valence-electron chi connectivity index (χ2n) is 4.30. The fourth-order valence-corrected chi connectivity index (χ4v) is 1.76. The molecule has 0 aliphatic rings. The molecule has 0 bridgehead atoms. The quantitative estimate of drug-likeness (QED) is 0.636. The van der Waals surface area contributed by atoms with Crippen LogP contribution in [0, 0.1) is 0 Å². The molecule has 0 saturated heterocycles. The van der Waals surface area contributed by atoms with Crippen LogP contribution in [0.25, 0.3) is 0 Å². The first kappa shape index (κ1) is 15.7. The molecule has 0 amide bonds. The standard InChI is InChI=1S/C11H24F2N2O/c1-4-11(9-16,14-2)6-5-7-15(3)8-10(12)13/h10,14,16H,4-9H2,1-3H3. The van der Waals surface area contributed by atoms with Gasteiger partial charge in [-0.3, -0.25) is 0 Å². The van der Waals surface area contributed by atoms with Gasteiger partial charge in [0.15, 0.2) is 0 Å². The minimum Gasteiger partial charge on any atom is -0.394 e. The minimum atomic E-state index is -2.27. The van der Waals surface area contributed by atoms with E-state index in [4.69, 9.17) is 0 Å². The molecular weight excluding hydrogens is 214 g/mol.